The van der Waals surface area contributed by atoms with Crippen molar-refractivity contribution in [2.24, 2.45) is 0 Å². The van der Waals surface area contributed by atoms with Gasteiger partial charge >= 0.3 is 0 Å². The molecular formula is C13H14FN3OS. The van der Waals surface area contributed by atoms with Crippen molar-refractivity contribution in [3.05, 3.63) is 30.1 Å². The number of anilines is 1. The quantitative estimate of drug-likeness (QED) is 0.864. The Bertz CT molecular complexity index is 568. The Balaban J connectivity index is 2.19. The molecule has 0 fully saturated rings. The lowest BCUT2D eigenvalue weighted by molar-refractivity contribution is -0.118. The van der Waals surface area contributed by atoms with E-state index in [1.165, 1.54) is 28.4 Å². The highest BCUT2D eigenvalue weighted by atomic mass is 32.1. The maximum absolute atomic E-state index is 12.8. The number of carbonyl (C=O) groups is 1. The summed E-state index contributed by atoms with van der Waals surface area (Å²) in [5.74, 6) is -0.270. The van der Waals surface area contributed by atoms with E-state index in [1.54, 1.807) is 19.2 Å². The summed E-state index contributed by atoms with van der Waals surface area (Å²) in [6, 6.07) is 6.05. The molecule has 0 spiro atoms. The van der Waals surface area contributed by atoms with Crippen LogP contribution in [0.4, 0.5) is 9.52 Å². The van der Waals surface area contributed by atoms with Crippen molar-refractivity contribution < 1.29 is 9.18 Å². The predicted molar refractivity (Wildman–Crippen MR) is 73.6 cm³/mol. The molecular weight excluding hydrogens is 265 g/mol. The maximum atomic E-state index is 12.8. The van der Waals surface area contributed by atoms with Gasteiger partial charge in [0.15, 0.2) is 0 Å². The Kier molecular flexibility index (Phi) is 4.21. The third-order valence-electron chi connectivity index (χ3n) is 2.63. The fraction of sp³-hybridized carbons (Fsp3) is 0.308. The lowest BCUT2D eigenvalue weighted by atomic mass is 10.2. The minimum absolute atomic E-state index is 0.0179. The molecule has 19 heavy (non-hydrogen) atoms. The van der Waals surface area contributed by atoms with Gasteiger partial charge in [-0.05, 0) is 30.7 Å². The van der Waals surface area contributed by atoms with Crippen molar-refractivity contribution in [2.45, 2.75) is 19.8 Å². The zero-order valence-electron chi connectivity index (χ0n) is 10.8. The molecule has 0 aliphatic heterocycles. The van der Waals surface area contributed by atoms with Crippen LogP contribution < -0.4 is 4.90 Å². The Hall–Kier alpha value is -1.82. The average molecular weight is 279 g/mol. The van der Waals surface area contributed by atoms with E-state index in [0.717, 1.165) is 12.0 Å². The summed E-state index contributed by atoms with van der Waals surface area (Å²) in [6.45, 7) is 1.95. The second-order valence-corrected chi connectivity index (χ2v) is 5.06. The van der Waals surface area contributed by atoms with Crippen molar-refractivity contribution >= 4 is 22.4 Å². The van der Waals surface area contributed by atoms with Crippen LogP contribution in [0.2, 0.25) is 0 Å². The van der Waals surface area contributed by atoms with Gasteiger partial charge in [0.2, 0.25) is 11.0 Å². The number of nitrogens with zero attached hydrogens (tertiary/aromatic N) is 3. The molecule has 0 saturated heterocycles. The first-order chi connectivity index (χ1) is 9.11. The van der Waals surface area contributed by atoms with Gasteiger partial charge in [-0.1, -0.05) is 18.3 Å². The maximum Gasteiger partial charge on any atom is 0.228 e. The molecule has 0 bridgehead atoms. The van der Waals surface area contributed by atoms with Gasteiger partial charge in [0, 0.05) is 19.0 Å². The molecule has 6 heteroatoms. The first kappa shape index (κ1) is 13.6. The molecule has 1 aromatic heterocycles. The van der Waals surface area contributed by atoms with Gasteiger partial charge in [0.25, 0.3) is 0 Å². The summed E-state index contributed by atoms with van der Waals surface area (Å²) in [5, 5.41) is 9.26. The molecule has 0 aliphatic rings. The van der Waals surface area contributed by atoms with E-state index in [0.29, 0.717) is 16.6 Å². The minimum atomic E-state index is -0.288. The summed E-state index contributed by atoms with van der Waals surface area (Å²) in [4.78, 5) is 13.3. The van der Waals surface area contributed by atoms with Gasteiger partial charge in [0.05, 0.1) is 0 Å². The minimum Gasteiger partial charge on any atom is -0.290 e. The summed E-state index contributed by atoms with van der Waals surface area (Å²) >= 11 is 1.31. The SMILES string of the molecule is CCCC(=O)N(C)c1nnc(-c2ccc(F)cc2)s1. The van der Waals surface area contributed by atoms with Crippen LogP contribution in [-0.2, 0) is 4.79 Å². The Labute approximate surface area is 114 Å². The van der Waals surface area contributed by atoms with Gasteiger partial charge in [0.1, 0.15) is 10.8 Å². The number of rotatable bonds is 4. The van der Waals surface area contributed by atoms with Gasteiger partial charge in [-0.15, -0.1) is 10.2 Å². The number of benzene rings is 1. The van der Waals surface area contributed by atoms with Crippen LogP contribution in [0.15, 0.2) is 24.3 Å². The van der Waals surface area contributed by atoms with Crippen LogP contribution in [0.5, 0.6) is 0 Å². The fourth-order valence-corrected chi connectivity index (χ4v) is 2.38. The highest BCUT2D eigenvalue weighted by molar-refractivity contribution is 7.18. The van der Waals surface area contributed by atoms with Crippen LogP contribution in [0.1, 0.15) is 19.8 Å². The van der Waals surface area contributed by atoms with E-state index in [4.69, 9.17) is 0 Å². The molecule has 0 saturated carbocycles. The first-order valence-corrected chi connectivity index (χ1v) is 6.79. The molecule has 2 rings (SSSR count). The summed E-state index contributed by atoms with van der Waals surface area (Å²) in [7, 11) is 1.69. The normalized spacial score (nSPS) is 10.5. The lowest BCUT2D eigenvalue weighted by Gasteiger charge is -2.11. The predicted octanol–water partition coefficient (Wildman–Crippen LogP) is 3.11. The van der Waals surface area contributed by atoms with E-state index in [-0.39, 0.29) is 11.7 Å². The summed E-state index contributed by atoms with van der Waals surface area (Å²) in [5.41, 5.74) is 0.793. The van der Waals surface area contributed by atoms with Crippen LogP contribution >= 0.6 is 11.3 Å². The number of hydrogen-bond acceptors (Lipinski definition) is 4. The van der Waals surface area contributed by atoms with Gasteiger partial charge < -0.3 is 0 Å². The van der Waals surface area contributed by atoms with Crippen molar-refractivity contribution in [3.63, 3.8) is 0 Å². The molecule has 100 valence electrons. The second-order valence-electron chi connectivity index (χ2n) is 4.10. The van der Waals surface area contributed by atoms with Gasteiger partial charge in [-0.25, -0.2) is 4.39 Å². The van der Waals surface area contributed by atoms with Crippen molar-refractivity contribution in [1.82, 2.24) is 10.2 Å². The third-order valence-corrected chi connectivity index (χ3v) is 3.68. The van der Waals surface area contributed by atoms with E-state index >= 15 is 0 Å². The smallest absolute Gasteiger partial charge is 0.228 e. The number of aromatic nitrogens is 2. The van der Waals surface area contributed by atoms with Crippen molar-refractivity contribution in [1.29, 1.82) is 0 Å². The number of hydrogen-bond donors (Lipinski definition) is 0. The first-order valence-electron chi connectivity index (χ1n) is 5.98. The lowest BCUT2D eigenvalue weighted by Crippen LogP contribution is -2.25. The Morgan fingerprint density at radius 2 is 2.00 bits per heavy atom. The molecule has 1 amide bonds. The zero-order chi connectivity index (χ0) is 13.8. The van der Waals surface area contributed by atoms with Crippen molar-refractivity contribution in [2.75, 3.05) is 11.9 Å². The van der Waals surface area contributed by atoms with Crippen LogP contribution in [0.25, 0.3) is 10.6 Å². The van der Waals surface area contributed by atoms with Crippen molar-refractivity contribution in [3.8, 4) is 10.6 Å². The number of amides is 1. The van der Waals surface area contributed by atoms with E-state index < -0.39 is 0 Å². The van der Waals surface area contributed by atoms with Crippen LogP contribution in [-0.4, -0.2) is 23.2 Å². The topological polar surface area (TPSA) is 46.1 Å². The largest absolute Gasteiger partial charge is 0.290 e. The highest BCUT2D eigenvalue weighted by Crippen LogP contribution is 2.28. The van der Waals surface area contributed by atoms with E-state index in [9.17, 15) is 9.18 Å². The molecule has 0 radical (unpaired) electrons. The molecule has 1 aromatic carbocycles. The van der Waals surface area contributed by atoms with E-state index in [2.05, 4.69) is 10.2 Å². The summed E-state index contributed by atoms with van der Waals surface area (Å²) in [6.07, 6.45) is 1.29. The Morgan fingerprint density at radius 1 is 1.32 bits per heavy atom. The second kappa shape index (κ2) is 5.88. The number of carbonyl (C=O) groups excluding carboxylic acids is 1. The Morgan fingerprint density at radius 3 is 2.63 bits per heavy atom. The molecule has 1 heterocycles. The van der Waals surface area contributed by atoms with Gasteiger partial charge in [-0.2, -0.15) is 0 Å². The van der Waals surface area contributed by atoms with Crippen LogP contribution in [0.3, 0.4) is 0 Å². The molecule has 0 N–H and O–H groups in total. The zero-order valence-corrected chi connectivity index (χ0v) is 11.6. The van der Waals surface area contributed by atoms with Gasteiger partial charge in [-0.3, -0.25) is 9.69 Å². The molecule has 4 nitrogen and oxygen atoms in total. The standard InChI is InChI=1S/C13H14FN3OS/c1-3-4-11(18)17(2)13-16-15-12(19-13)9-5-7-10(14)8-6-9/h5-8H,3-4H2,1-2H3. The number of halogens is 1. The molecule has 0 atom stereocenters. The molecule has 2 aromatic rings. The van der Waals surface area contributed by atoms with Crippen LogP contribution in [0, 0.1) is 5.82 Å². The average Bonchev–Trinajstić information content (AvgIpc) is 2.88. The molecule has 0 unspecified atom stereocenters. The highest BCUT2D eigenvalue weighted by Gasteiger charge is 2.15. The fourth-order valence-electron chi connectivity index (χ4n) is 1.55. The third kappa shape index (κ3) is 3.14. The molecule has 0 aliphatic carbocycles. The summed E-state index contributed by atoms with van der Waals surface area (Å²) < 4.78 is 12.8. The van der Waals surface area contributed by atoms with E-state index in [1.807, 2.05) is 6.92 Å². The monoisotopic (exact) mass is 279 g/mol.